The number of aryl methyl sites for hydroxylation is 2. The summed E-state index contributed by atoms with van der Waals surface area (Å²) in [5.74, 6) is 0.603. The number of carbonyl (C=O) groups excluding carboxylic acids is 1. The Balaban J connectivity index is 1.65. The van der Waals surface area contributed by atoms with E-state index in [1.165, 1.54) is 11.3 Å². The fraction of sp³-hybridized carbons (Fsp3) is 0.333. The topological polar surface area (TPSA) is 75.6 Å². The first kappa shape index (κ1) is 19.7. The maximum Gasteiger partial charge on any atom is 0.246 e. The molecule has 27 heavy (non-hydrogen) atoms. The number of hydrogen-bond acceptors (Lipinski definition) is 5. The van der Waals surface area contributed by atoms with E-state index in [0.29, 0.717) is 16.3 Å². The van der Waals surface area contributed by atoms with Crippen molar-refractivity contribution >= 4 is 46.2 Å². The molecule has 0 aliphatic rings. The van der Waals surface area contributed by atoms with Crippen molar-refractivity contribution in [1.82, 2.24) is 19.7 Å². The Morgan fingerprint density at radius 2 is 2.26 bits per heavy atom. The minimum atomic E-state index is -0.181. The molecule has 0 aliphatic carbocycles. The Bertz CT molecular complexity index is 1010. The van der Waals surface area contributed by atoms with Crippen molar-refractivity contribution in [3.8, 4) is 0 Å². The smallest absolute Gasteiger partial charge is 0.246 e. The SMILES string of the molecule is CCCc1n[nH]c(=S)n1CC(=O)Nc1ncc(Cc2cccc(C)c2Cl)s1. The van der Waals surface area contributed by atoms with E-state index in [-0.39, 0.29) is 12.5 Å². The zero-order valence-corrected chi connectivity index (χ0v) is 17.5. The molecule has 0 aliphatic heterocycles. The fourth-order valence-corrected chi connectivity index (χ4v) is 3.97. The van der Waals surface area contributed by atoms with E-state index >= 15 is 0 Å². The van der Waals surface area contributed by atoms with Gasteiger partial charge in [0.25, 0.3) is 0 Å². The molecule has 3 aromatic rings. The van der Waals surface area contributed by atoms with Gasteiger partial charge in [-0.3, -0.25) is 14.5 Å². The van der Waals surface area contributed by atoms with Crippen LogP contribution in [0.2, 0.25) is 5.02 Å². The van der Waals surface area contributed by atoms with Gasteiger partial charge in [-0.2, -0.15) is 5.10 Å². The van der Waals surface area contributed by atoms with Gasteiger partial charge in [-0.25, -0.2) is 4.98 Å². The van der Waals surface area contributed by atoms with E-state index in [4.69, 9.17) is 23.8 Å². The van der Waals surface area contributed by atoms with Crippen LogP contribution in [0, 0.1) is 11.7 Å². The number of aromatic nitrogens is 4. The molecule has 0 fully saturated rings. The van der Waals surface area contributed by atoms with Crippen LogP contribution < -0.4 is 5.32 Å². The monoisotopic (exact) mass is 421 g/mol. The van der Waals surface area contributed by atoms with Crippen molar-refractivity contribution in [3.05, 3.63) is 56.0 Å². The summed E-state index contributed by atoms with van der Waals surface area (Å²) in [5.41, 5.74) is 2.10. The average Bonchev–Trinajstić information content (AvgIpc) is 3.20. The van der Waals surface area contributed by atoms with Crippen molar-refractivity contribution in [2.75, 3.05) is 5.32 Å². The molecule has 142 valence electrons. The summed E-state index contributed by atoms with van der Waals surface area (Å²) < 4.78 is 2.16. The van der Waals surface area contributed by atoms with Crippen molar-refractivity contribution in [2.45, 2.75) is 39.7 Å². The predicted molar refractivity (Wildman–Crippen MR) is 111 cm³/mol. The van der Waals surface area contributed by atoms with Gasteiger partial charge in [0.1, 0.15) is 12.4 Å². The number of nitrogens with zero attached hydrogens (tertiary/aromatic N) is 3. The highest BCUT2D eigenvalue weighted by molar-refractivity contribution is 7.71. The maximum absolute atomic E-state index is 12.4. The van der Waals surface area contributed by atoms with E-state index in [1.807, 2.05) is 25.1 Å². The lowest BCUT2D eigenvalue weighted by molar-refractivity contribution is -0.116. The first-order valence-corrected chi connectivity index (χ1v) is 10.2. The van der Waals surface area contributed by atoms with E-state index in [2.05, 4.69) is 27.4 Å². The lowest BCUT2D eigenvalue weighted by Crippen LogP contribution is -2.20. The highest BCUT2D eigenvalue weighted by Crippen LogP contribution is 2.26. The zero-order chi connectivity index (χ0) is 19.4. The van der Waals surface area contributed by atoms with E-state index in [0.717, 1.165) is 39.7 Å². The molecule has 3 rings (SSSR count). The Kier molecular flexibility index (Phi) is 6.41. The standard InChI is InChI=1S/C18H20ClN5OS2/c1-3-5-14-22-23-18(26)24(14)10-15(25)21-17-20-9-13(27-17)8-12-7-4-6-11(2)16(12)19/h4,6-7,9H,3,5,8,10H2,1-2H3,(H,23,26)(H,20,21,25). The third-order valence-electron chi connectivity index (χ3n) is 4.05. The summed E-state index contributed by atoms with van der Waals surface area (Å²) in [4.78, 5) is 17.7. The molecule has 0 bridgehead atoms. The van der Waals surface area contributed by atoms with Gasteiger partial charge in [0, 0.05) is 28.9 Å². The molecule has 0 saturated carbocycles. The van der Waals surface area contributed by atoms with Gasteiger partial charge < -0.3 is 5.32 Å². The van der Waals surface area contributed by atoms with Crippen LogP contribution in [0.3, 0.4) is 0 Å². The van der Waals surface area contributed by atoms with Crippen molar-refractivity contribution in [1.29, 1.82) is 0 Å². The number of anilines is 1. The van der Waals surface area contributed by atoms with E-state index in [1.54, 1.807) is 10.8 Å². The Morgan fingerprint density at radius 3 is 3.04 bits per heavy atom. The third kappa shape index (κ3) is 4.82. The van der Waals surface area contributed by atoms with Crippen LogP contribution in [0.5, 0.6) is 0 Å². The molecular weight excluding hydrogens is 402 g/mol. The maximum atomic E-state index is 12.4. The summed E-state index contributed by atoms with van der Waals surface area (Å²) in [7, 11) is 0. The van der Waals surface area contributed by atoms with Crippen LogP contribution in [0.25, 0.3) is 0 Å². The van der Waals surface area contributed by atoms with E-state index < -0.39 is 0 Å². The molecule has 0 atom stereocenters. The molecule has 9 heteroatoms. The number of H-pyrrole nitrogens is 1. The van der Waals surface area contributed by atoms with Gasteiger partial charge in [-0.15, -0.1) is 11.3 Å². The normalized spacial score (nSPS) is 10.9. The summed E-state index contributed by atoms with van der Waals surface area (Å²) in [6, 6.07) is 5.98. The Labute approximate surface area is 171 Å². The van der Waals surface area contributed by atoms with Crippen molar-refractivity contribution in [2.24, 2.45) is 0 Å². The lowest BCUT2D eigenvalue weighted by Gasteiger charge is -2.06. The fourth-order valence-electron chi connectivity index (χ4n) is 2.71. The summed E-state index contributed by atoms with van der Waals surface area (Å²) in [6.45, 7) is 4.15. The van der Waals surface area contributed by atoms with Gasteiger partial charge in [-0.05, 0) is 36.7 Å². The minimum Gasteiger partial charge on any atom is -0.300 e. The molecule has 0 saturated heterocycles. The molecule has 0 spiro atoms. The number of carbonyl (C=O) groups is 1. The molecule has 0 radical (unpaired) electrons. The quantitative estimate of drug-likeness (QED) is 0.549. The van der Waals surface area contributed by atoms with Gasteiger partial charge in [0.15, 0.2) is 9.90 Å². The molecule has 1 amide bonds. The Hall–Kier alpha value is -2.03. The second-order valence-corrected chi connectivity index (χ2v) is 8.07. The summed E-state index contributed by atoms with van der Waals surface area (Å²) in [6.07, 6.45) is 4.14. The van der Waals surface area contributed by atoms with Crippen LogP contribution in [0.15, 0.2) is 24.4 Å². The number of nitrogens with one attached hydrogen (secondary N) is 2. The van der Waals surface area contributed by atoms with Gasteiger partial charge in [0.2, 0.25) is 5.91 Å². The molecule has 2 aromatic heterocycles. The summed E-state index contributed by atoms with van der Waals surface area (Å²) in [5, 5.41) is 11.1. The number of aromatic amines is 1. The van der Waals surface area contributed by atoms with E-state index in [9.17, 15) is 4.79 Å². The molecule has 2 heterocycles. The lowest BCUT2D eigenvalue weighted by atomic mass is 10.1. The molecular formula is C18H20ClN5OS2. The number of rotatable bonds is 7. The minimum absolute atomic E-state index is 0.114. The van der Waals surface area contributed by atoms with Gasteiger partial charge >= 0.3 is 0 Å². The second-order valence-electron chi connectivity index (χ2n) is 6.19. The molecule has 0 unspecified atom stereocenters. The van der Waals surface area contributed by atoms with Crippen LogP contribution in [-0.4, -0.2) is 25.7 Å². The average molecular weight is 422 g/mol. The third-order valence-corrected chi connectivity index (χ3v) is 5.81. The molecule has 1 aromatic carbocycles. The second kappa shape index (κ2) is 8.77. The summed E-state index contributed by atoms with van der Waals surface area (Å²) >= 11 is 13.0. The van der Waals surface area contributed by atoms with Crippen LogP contribution in [0.4, 0.5) is 5.13 Å². The predicted octanol–water partition coefficient (Wildman–Crippen LogP) is 4.54. The molecule has 6 nitrogen and oxygen atoms in total. The number of thiazole rings is 1. The van der Waals surface area contributed by atoms with Crippen molar-refractivity contribution < 1.29 is 4.79 Å². The number of amides is 1. The number of halogens is 1. The van der Waals surface area contributed by atoms with Crippen LogP contribution in [-0.2, 0) is 24.2 Å². The molecule has 2 N–H and O–H groups in total. The largest absolute Gasteiger partial charge is 0.300 e. The highest BCUT2D eigenvalue weighted by atomic mass is 35.5. The number of hydrogen-bond donors (Lipinski definition) is 2. The zero-order valence-electron chi connectivity index (χ0n) is 15.1. The first-order valence-electron chi connectivity index (χ1n) is 8.60. The van der Waals surface area contributed by atoms with Gasteiger partial charge in [-0.1, -0.05) is 36.7 Å². The van der Waals surface area contributed by atoms with Crippen LogP contribution in [0.1, 0.15) is 35.2 Å². The Morgan fingerprint density at radius 1 is 1.44 bits per heavy atom. The van der Waals surface area contributed by atoms with Crippen LogP contribution >= 0.6 is 35.2 Å². The van der Waals surface area contributed by atoms with Gasteiger partial charge in [0.05, 0.1) is 0 Å². The number of benzene rings is 1. The van der Waals surface area contributed by atoms with Crippen molar-refractivity contribution in [3.63, 3.8) is 0 Å². The highest BCUT2D eigenvalue weighted by Gasteiger charge is 2.13. The first-order chi connectivity index (χ1) is 13.0.